The lowest BCUT2D eigenvalue weighted by atomic mass is 9.72. The molecule has 2 aromatic rings. The molecule has 0 bridgehead atoms. The number of nitrogens with zero attached hydrogens (tertiary/aromatic N) is 1. The molecule has 0 spiro atoms. The second-order valence-corrected chi connectivity index (χ2v) is 10.5. The summed E-state index contributed by atoms with van der Waals surface area (Å²) < 4.78 is 24.3. The Kier molecular flexibility index (Phi) is 6.44. The van der Waals surface area contributed by atoms with E-state index in [2.05, 4.69) is 30.2 Å². The number of hydrogen-bond acceptors (Lipinski definition) is 4. The van der Waals surface area contributed by atoms with Crippen molar-refractivity contribution in [3.63, 3.8) is 0 Å². The van der Waals surface area contributed by atoms with Gasteiger partial charge in [0, 0.05) is 22.4 Å². The van der Waals surface area contributed by atoms with Crippen LogP contribution in [0.15, 0.2) is 39.5 Å². The standard InChI is InChI=1S/C22H26ClFN2O2S/c1-5-6-22(24)10-14(11-22)13-28-19-9-18-15(8-17(19)23)7-16(20(27)26-18)12-25-29-21(2,3)4/h5-9,12,14H,10-11,13H2,1-4H3,(H,26,27)/b6-5+,25-12+. The fourth-order valence-electron chi connectivity index (χ4n) is 3.33. The Morgan fingerprint density at radius 3 is 2.76 bits per heavy atom. The Bertz CT molecular complexity index is 1000. The van der Waals surface area contributed by atoms with Gasteiger partial charge in [0.15, 0.2) is 0 Å². The highest BCUT2D eigenvalue weighted by molar-refractivity contribution is 7.99. The second-order valence-electron chi connectivity index (χ2n) is 8.48. The van der Waals surface area contributed by atoms with Crippen molar-refractivity contribution in [2.45, 2.75) is 51.0 Å². The molecule has 29 heavy (non-hydrogen) atoms. The molecule has 0 aliphatic heterocycles. The summed E-state index contributed by atoms with van der Waals surface area (Å²) in [6.07, 6.45) is 5.83. The van der Waals surface area contributed by atoms with E-state index in [0.717, 1.165) is 5.39 Å². The number of halogens is 2. The molecule has 0 radical (unpaired) electrons. The Balaban J connectivity index is 1.72. The number of aromatic nitrogens is 1. The van der Waals surface area contributed by atoms with Crippen LogP contribution in [0.25, 0.3) is 10.9 Å². The summed E-state index contributed by atoms with van der Waals surface area (Å²) in [5, 5.41) is 1.25. The average molecular weight is 437 g/mol. The minimum absolute atomic E-state index is 0.0231. The quantitative estimate of drug-likeness (QED) is 0.337. The van der Waals surface area contributed by atoms with Crippen LogP contribution in [0.4, 0.5) is 4.39 Å². The number of alkyl halides is 1. The van der Waals surface area contributed by atoms with Gasteiger partial charge in [-0.05, 0) is 70.5 Å². The van der Waals surface area contributed by atoms with Crippen molar-refractivity contribution in [2.24, 2.45) is 10.3 Å². The number of allylic oxidation sites excluding steroid dienone is 2. The summed E-state index contributed by atoms with van der Waals surface area (Å²) in [7, 11) is 0. The molecule has 1 aliphatic carbocycles. The fourth-order valence-corrected chi connectivity index (χ4v) is 4.04. The van der Waals surface area contributed by atoms with E-state index in [-0.39, 0.29) is 16.2 Å². The molecule has 1 aromatic heterocycles. The molecule has 156 valence electrons. The van der Waals surface area contributed by atoms with Gasteiger partial charge in [-0.25, -0.2) is 8.79 Å². The lowest BCUT2D eigenvalue weighted by molar-refractivity contribution is 0.0261. The number of hydrogen-bond donors (Lipinski definition) is 1. The number of rotatable bonds is 6. The van der Waals surface area contributed by atoms with Gasteiger partial charge in [-0.15, -0.1) is 0 Å². The summed E-state index contributed by atoms with van der Waals surface area (Å²) in [4.78, 5) is 15.2. The van der Waals surface area contributed by atoms with Crippen LogP contribution >= 0.6 is 23.5 Å². The molecular formula is C22H26ClFN2O2S. The van der Waals surface area contributed by atoms with E-state index in [1.54, 1.807) is 36.6 Å². The van der Waals surface area contributed by atoms with Gasteiger partial charge in [0.05, 0.1) is 22.7 Å². The van der Waals surface area contributed by atoms with Crippen LogP contribution in [-0.4, -0.2) is 28.2 Å². The molecule has 1 heterocycles. The highest BCUT2D eigenvalue weighted by atomic mass is 35.5. The average Bonchev–Trinajstić information content (AvgIpc) is 2.58. The number of nitrogens with one attached hydrogen (secondary N) is 1. The number of ether oxygens (including phenoxy) is 1. The predicted octanol–water partition coefficient (Wildman–Crippen LogP) is 6.12. The minimum atomic E-state index is -1.20. The monoisotopic (exact) mass is 436 g/mol. The van der Waals surface area contributed by atoms with Crippen LogP contribution < -0.4 is 10.3 Å². The van der Waals surface area contributed by atoms with Crippen LogP contribution in [0.1, 0.15) is 46.1 Å². The third kappa shape index (κ3) is 5.64. The first-order chi connectivity index (χ1) is 13.6. The Hall–Kier alpha value is -1.79. The Morgan fingerprint density at radius 2 is 2.10 bits per heavy atom. The molecule has 4 nitrogen and oxygen atoms in total. The maximum atomic E-state index is 14.2. The van der Waals surface area contributed by atoms with Gasteiger partial charge in [0.1, 0.15) is 11.4 Å². The Labute approximate surface area is 179 Å². The van der Waals surface area contributed by atoms with E-state index in [1.165, 1.54) is 11.9 Å². The summed E-state index contributed by atoms with van der Waals surface area (Å²) in [5.74, 6) is 0.642. The molecule has 1 N–H and O–H groups in total. The lowest BCUT2D eigenvalue weighted by Crippen LogP contribution is -2.40. The Morgan fingerprint density at radius 1 is 1.38 bits per heavy atom. The maximum absolute atomic E-state index is 14.2. The summed E-state index contributed by atoms with van der Waals surface area (Å²) >= 11 is 7.78. The number of fused-ring (bicyclic) bond motifs is 1. The molecule has 0 saturated heterocycles. The van der Waals surface area contributed by atoms with E-state index in [4.69, 9.17) is 16.3 Å². The lowest BCUT2D eigenvalue weighted by Gasteiger charge is -2.39. The highest BCUT2D eigenvalue weighted by Crippen LogP contribution is 2.43. The summed E-state index contributed by atoms with van der Waals surface area (Å²) in [5.41, 5.74) is -0.324. The van der Waals surface area contributed by atoms with E-state index >= 15 is 0 Å². The van der Waals surface area contributed by atoms with Crippen molar-refractivity contribution in [3.05, 3.63) is 51.3 Å². The van der Waals surface area contributed by atoms with Crippen molar-refractivity contribution in [3.8, 4) is 5.75 Å². The molecule has 0 unspecified atom stereocenters. The van der Waals surface area contributed by atoms with Crippen molar-refractivity contribution < 1.29 is 9.13 Å². The first-order valence-electron chi connectivity index (χ1n) is 9.62. The SMILES string of the molecule is C/C=C/C1(F)CC(COc2cc3[nH]c(=O)c(/C=N/SC(C)(C)C)cc3cc2Cl)C1. The number of H-pyrrole nitrogens is 1. The van der Waals surface area contributed by atoms with Gasteiger partial charge in [-0.3, -0.25) is 4.79 Å². The van der Waals surface area contributed by atoms with E-state index in [0.29, 0.717) is 41.3 Å². The molecule has 0 amide bonds. The first kappa shape index (κ1) is 21.9. The normalized spacial score (nSPS) is 22.5. The van der Waals surface area contributed by atoms with E-state index in [9.17, 15) is 9.18 Å². The topological polar surface area (TPSA) is 54.5 Å². The molecule has 1 aliphatic rings. The number of benzene rings is 1. The molecule has 0 atom stereocenters. The molecule has 7 heteroatoms. The molecule has 1 fully saturated rings. The highest BCUT2D eigenvalue weighted by Gasteiger charge is 2.42. The molecular weight excluding hydrogens is 411 g/mol. The zero-order chi connectivity index (χ0) is 21.2. The van der Waals surface area contributed by atoms with E-state index in [1.807, 2.05) is 6.92 Å². The fraction of sp³-hybridized carbons (Fsp3) is 0.455. The minimum Gasteiger partial charge on any atom is -0.492 e. The number of aromatic amines is 1. The third-order valence-electron chi connectivity index (χ3n) is 4.64. The predicted molar refractivity (Wildman–Crippen MR) is 121 cm³/mol. The van der Waals surface area contributed by atoms with Gasteiger partial charge in [0.25, 0.3) is 5.56 Å². The zero-order valence-corrected chi connectivity index (χ0v) is 18.7. The van der Waals surface area contributed by atoms with Gasteiger partial charge < -0.3 is 9.72 Å². The van der Waals surface area contributed by atoms with Crippen LogP contribution in [0.2, 0.25) is 5.02 Å². The van der Waals surface area contributed by atoms with E-state index < -0.39 is 5.67 Å². The van der Waals surface area contributed by atoms with Crippen molar-refractivity contribution in [1.82, 2.24) is 4.98 Å². The molecule has 1 saturated carbocycles. The van der Waals surface area contributed by atoms with Crippen LogP contribution in [-0.2, 0) is 0 Å². The summed E-state index contributed by atoms with van der Waals surface area (Å²) in [6, 6.07) is 5.24. The van der Waals surface area contributed by atoms with Crippen molar-refractivity contribution in [1.29, 1.82) is 0 Å². The third-order valence-corrected chi connectivity index (χ3v) is 5.69. The largest absolute Gasteiger partial charge is 0.492 e. The van der Waals surface area contributed by atoms with Crippen molar-refractivity contribution >= 4 is 40.7 Å². The smallest absolute Gasteiger partial charge is 0.257 e. The van der Waals surface area contributed by atoms with Crippen LogP contribution in [0.3, 0.4) is 0 Å². The van der Waals surface area contributed by atoms with Gasteiger partial charge >= 0.3 is 0 Å². The molecule has 3 rings (SSSR count). The van der Waals surface area contributed by atoms with Crippen molar-refractivity contribution in [2.75, 3.05) is 6.61 Å². The van der Waals surface area contributed by atoms with Gasteiger partial charge in [-0.1, -0.05) is 23.8 Å². The zero-order valence-electron chi connectivity index (χ0n) is 17.1. The summed E-state index contributed by atoms with van der Waals surface area (Å²) in [6.45, 7) is 8.38. The van der Waals surface area contributed by atoms with Crippen LogP contribution in [0, 0.1) is 5.92 Å². The van der Waals surface area contributed by atoms with Gasteiger partial charge in [-0.2, -0.15) is 0 Å². The first-order valence-corrected chi connectivity index (χ1v) is 10.8. The van der Waals surface area contributed by atoms with Gasteiger partial charge in [0.2, 0.25) is 0 Å². The van der Waals surface area contributed by atoms with Crippen LogP contribution in [0.5, 0.6) is 5.75 Å². The molecule has 1 aromatic carbocycles. The second kappa shape index (κ2) is 8.52. The maximum Gasteiger partial charge on any atom is 0.257 e. The number of pyridine rings is 1.